The molecule has 0 amide bonds. The van der Waals surface area contributed by atoms with Gasteiger partial charge in [-0.25, -0.2) is 4.98 Å². The van der Waals surface area contributed by atoms with Crippen LogP contribution in [-0.4, -0.2) is 34.0 Å². The molecule has 0 saturated carbocycles. The van der Waals surface area contributed by atoms with Crippen LogP contribution in [0.5, 0.6) is 0 Å². The second kappa shape index (κ2) is 5.43. The Hall–Kier alpha value is -1.81. The third kappa shape index (κ3) is 2.31. The van der Waals surface area contributed by atoms with E-state index in [0.29, 0.717) is 23.7 Å². The summed E-state index contributed by atoms with van der Waals surface area (Å²) in [6.45, 7) is 0. The van der Waals surface area contributed by atoms with Crippen molar-refractivity contribution >= 4 is 0 Å². The van der Waals surface area contributed by atoms with Gasteiger partial charge >= 0.3 is 0 Å². The van der Waals surface area contributed by atoms with Crippen LogP contribution < -0.4 is 0 Å². The van der Waals surface area contributed by atoms with Crippen molar-refractivity contribution in [3.05, 3.63) is 48.2 Å². The van der Waals surface area contributed by atoms with Crippen LogP contribution in [0.25, 0.3) is 11.3 Å². The average Bonchev–Trinajstić information content (AvgIpc) is 2.73. The normalized spacial score (nSPS) is 28.0. The molecule has 0 aliphatic carbocycles. The summed E-state index contributed by atoms with van der Waals surface area (Å²) in [6, 6.07) is 8.38. The zero-order valence-electron chi connectivity index (χ0n) is 12.7. The zero-order valence-corrected chi connectivity index (χ0v) is 12.7. The summed E-state index contributed by atoms with van der Waals surface area (Å²) in [4.78, 5) is 10.9. The second-order valence-corrected chi connectivity index (χ2v) is 6.51. The molecule has 0 aromatic carbocycles. The van der Waals surface area contributed by atoms with E-state index in [-0.39, 0.29) is 0 Å². The van der Waals surface area contributed by atoms with E-state index in [4.69, 9.17) is 0 Å². The molecule has 0 spiro atoms. The molecule has 0 N–H and O–H groups in total. The maximum absolute atomic E-state index is 13.3. The minimum absolute atomic E-state index is 0.445. The molecular formula is C18H20FN3. The summed E-state index contributed by atoms with van der Waals surface area (Å²) in [7, 11) is 2.25. The van der Waals surface area contributed by atoms with Crippen molar-refractivity contribution in [1.82, 2.24) is 14.9 Å². The highest BCUT2D eigenvalue weighted by molar-refractivity contribution is 5.58. The van der Waals surface area contributed by atoms with Gasteiger partial charge in [0, 0.05) is 36.0 Å². The lowest BCUT2D eigenvalue weighted by Gasteiger charge is -2.32. The Labute approximate surface area is 130 Å². The van der Waals surface area contributed by atoms with Gasteiger partial charge in [0.1, 0.15) is 0 Å². The Balaban J connectivity index is 1.68. The Bertz CT molecular complexity index is 688. The highest BCUT2D eigenvalue weighted by Crippen LogP contribution is 2.44. The Morgan fingerprint density at radius 3 is 2.95 bits per heavy atom. The second-order valence-electron chi connectivity index (χ2n) is 6.51. The van der Waals surface area contributed by atoms with Gasteiger partial charge in [0.15, 0.2) is 0 Å². The van der Waals surface area contributed by atoms with E-state index >= 15 is 0 Å². The molecule has 4 heterocycles. The average molecular weight is 297 g/mol. The quantitative estimate of drug-likeness (QED) is 0.793. The first-order valence-corrected chi connectivity index (χ1v) is 8.02. The smallest absolute Gasteiger partial charge is 0.213 e. The fourth-order valence-electron chi connectivity index (χ4n) is 4.19. The molecule has 22 heavy (non-hydrogen) atoms. The van der Waals surface area contributed by atoms with Crippen LogP contribution in [-0.2, 0) is 0 Å². The van der Waals surface area contributed by atoms with Crippen molar-refractivity contribution in [2.75, 3.05) is 7.05 Å². The van der Waals surface area contributed by atoms with E-state index < -0.39 is 5.95 Å². The molecule has 2 fully saturated rings. The van der Waals surface area contributed by atoms with Gasteiger partial charge < -0.3 is 0 Å². The lowest BCUT2D eigenvalue weighted by atomic mass is 9.90. The SMILES string of the molecule is CN1C2CCCC1C(c1cncc(-c3cccc(F)n3)c1)C2. The van der Waals surface area contributed by atoms with Crippen LogP contribution in [0.1, 0.15) is 37.2 Å². The van der Waals surface area contributed by atoms with E-state index in [1.807, 2.05) is 12.3 Å². The monoisotopic (exact) mass is 297 g/mol. The molecule has 2 aromatic heterocycles. The molecule has 2 aliphatic rings. The summed E-state index contributed by atoms with van der Waals surface area (Å²) < 4.78 is 13.3. The van der Waals surface area contributed by atoms with Gasteiger partial charge in [-0.1, -0.05) is 12.5 Å². The van der Waals surface area contributed by atoms with Crippen molar-refractivity contribution in [3.8, 4) is 11.3 Å². The molecule has 4 rings (SSSR count). The number of nitrogens with zero attached hydrogens (tertiary/aromatic N) is 3. The van der Waals surface area contributed by atoms with Gasteiger partial charge in [0.25, 0.3) is 0 Å². The van der Waals surface area contributed by atoms with Crippen molar-refractivity contribution in [2.45, 2.75) is 43.7 Å². The molecule has 3 nitrogen and oxygen atoms in total. The van der Waals surface area contributed by atoms with Crippen LogP contribution in [0.2, 0.25) is 0 Å². The van der Waals surface area contributed by atoms with Crippen molar-refractivity contribution in [3.63, 3.8) is 0 Å². The number of hydrogen-bond acceptors (Lipinski definition) is 3. The van der Waals surface area contributed by atoms with E-state index in [0.717, 1.165) is 5.56 Å². The predicted octanol–water partition coefficient (Wildman–Crippen LogP) is 3.62. The molecule has 2 aromatic rings. The Morgan fingerprint density at radius 2 is 2.14 bits per heavy atom. The molecule has 2 aliphatic heterocycles. The molecule has 4 heteroatoms. The minimum atomic E-state index is -0.445. The Kier molecular flexibility index (Phi) is 3.41. The summed E-state index contributed by atoms with van der Waals surface area (Å²) in [6.07, 6.45) is 8.86. The van der Waals surface area contributed by atoms with Crippen LogP contribution in [0.3, 0.4) is 0 Å². The number of halogens is 1. The van der Waals surface area contributed by atoms with E-state index in [9.17, 15) is 4.39 Å². The number of rotatable bonds is 2. The summed E-state index contributed by atoms with van der Waals surface area (Å²) in [5, 5.41) is 0. The molecular weight excluding hydrogens is 277 g/mol. The van der Waals surface area contributed by atoms with E-state index in [2.05, 4.69) is 28.0 Å². The van der Waals surface area contributed by atoms with Gasteiger partial charge in [0.2, 0.25) is 5.95 Å². The molecule has 0 radical (unpaired) electrons. The Morgan fingerprint density at radius 1 is 1.23 bits per heavy atom. The first-order chi connectivity index (χ1) is 10.7. The van der Waals surface area contributed by atoms with Crippen molar-refractivity contribution < 1.29 is 4.39 Å². The van der Waals surface area contributed by atoms with Crippen molar-refractivity contribution in [2.24, 2.45) is 0 Å². The maximum Gasteiger partial charge on any atom is 0.213 e. The molecule has 2 saturated heterocycles. The van der Waals surface area contributed by atoms with Crippen LogP contribution in [0, 0.1) is 5.95 Å². The number of pyridine rings is 2. The third-order valence-electron chi connectivity index (χ3n) is 5.33. The van der Waals surface area contributed by atoms with Gasteiger partial charge in [0.05, 0.1) is 5.69 Å². The first kappa shape index (κ1) is 13.8. The summed E-state index contributed by atoms with van der Waals surface area (Å²) in [5.41, 5.74) is 2.83. The fourth-order valence-corrected chi connectivity index (χ4v) is 4.19. The molecule has 3 unspecified atom stereocenters. The lowest BCUT2D eigenvalue weighted by molar-refractivity contribution is 0.174. The number of likely N-dealkylation sites (N-methyl/N-ethyl adjacent to an activating group) is 1. The van der Waals surface area contributed by atoms with E-state index in [1.165, 1.54) is 37.3 Å². The highest BCUT2D eigenvalue weighted by Gasteiger charge is 2.41. The highest BCUT2D eigenvalue weighted by atomic mass is 19.1. The lowest BCUT2D eigenvalue weighted by Crippen LogP contribution is -2.37. The van der Waals surface area contributed by atoms with Gasteiger partial charge in [-0.15, -0.1) is 0 Å². The number of piperidine rings is 1. The molecule has 2 bridgehead atoms. The minimum Gasteiger partial charge on any atom is -0.300 e. The standard InChI is InChI=1S/C18H20FN3/c1-22-14-4-2-6-17(22)15(9-14)12-8-13(11-20-10-12)16-5-3-7-18(19)21-16/h3,5,7-8,10-11,14-15,17H,2,4,6,9H2,1H3. The number of hydrogen-bond donors (Lipinski definition) is 0. The molecule has 114 valence electrons. The number of fused-ring (bicyclic) bond motifs is 2. The van der Waals surface area contributed by atoms with Gasteiger partial charge in [-0.05, 0) is 50.1 Å². The zero-order chi connectivity index (χ0) is 15.1. The fraction of sp³-hybridized carbons (Fsp3) is 0.444. The van der Waals surface area contributed by atoms with Gasteiger partial charge in [-0.2, -0.15) is 4.39 Å². The van der Waals surface area contributed by atoms with Crippen LogP contribution in [0.15, 0.2) is 36.7 Å². The largest absolute Gasteiger partial charge is 0.300 e. The molecule has 3 atom stereocenters. The summed E-state index contributed by atoms with van der Waals surface area (Å²) in [5.74, 6) is 0.0952. The summed E-state index contributed by atoms with van der Waals surface area (Å²) >= 11 is 0. The predicted molar refractivity (Wildman–Crippen MR) is 84.0 cm³/mol. The van der Waals surface area contributed by atoms with Gasteiger partial charge in [-0.3, -0.25) is 9.88 Å². The van der Waals surface area contributed by atoms with E-state index in [1.54, 1.807) is 12.3 Å². The van der Waals surface area contributed by atoms with Crippen LogP contribution >= 0.6 is 0 Å². The van der Waals surface area contributed by atoms with Crippen LogP contribution in [0.4, 0.5) is 4.39 Å². The third-order valence-corrected chi connectivity index (χ3v) is 5.33. The first-order valence-electron chi connectivity index (χ1n) is 8.02. The number of aromatic nitrogens is 2. The maximum atomic E-state index is 13.3. The topological polar surface area (TPSA) is 29.0 Å². The van der Waals surface area contributed by atoms with Crippen molar-refractivity contribution in [1.29, 1.82) is 0 Å².